The van der Waals surface area contributed by atoms with Crippen LogP contribution in [0, 0.1) is 18.3 Å². The van der Waals surface area contributed by atoms with Crippen LogP contribution in [0.25, 0.3) is 0 Å². The fraction of sp³-hybridized carbons (Fsp3) is 0.231. The van der Waals surface area contributed by atoms with Gasteiger partial charge in [-0.2, -0.15) is 5.26 Å². The van der Waals surface area contributed by atoms with Gasteiger partial charge in [-0.25, -0.2) is 4.98 Å². The third-order valence-corrected chi connectivity index (χ3v) is 2.64. The molecule has 1 aromatic heterocycles. The molecule has 0 saturated heterocycles. The number of nitrogens with zero attached hydrogens (tertiary/aromatic N) is 3. The van der Waals surface area contributed by atoms with Crippen LogP contribution in [0.2, 0.25) is 0 Å². The molecule has 0 saturated carbocycles. The standard InChI is InChI=1S/C13H14N4O/c1-10-16-4-5-17(10)6-7-18-13-3-2-12(15)8-11(13)9-14/h2-5,8H,6-7,15H2,1H3. The van der Waals surface area contributed by atoms with Crippen LogP contribution in [0.5, 0.6) is 5.75 Å². The van der Waals surface area contributed by atoms with Crippen molar-refractivity contribution in [1.82, 2.24) is 9.55 Å². The minimum atomic E-state index is 0.456. The molecule has 0 amide bonds. The summed E-state index contributed by atoms with van der Waals surface area (Å²) in [4.78, 5) is 4.13. The van der Waals surface area contributed by atoms with Gasteiger partial charge in [0.05, 0.1) is 12.1 Å². The van der Waals surface area contributed by atoms with Gasteiger partial charge in [0.2, 0.25) is 0 Å². The van der Waals surface area contributed by atoms with Crippen molar-refractivity contribution in [1.29, 1.82) is 5.26 Å². The Morgan fingerprint density at radius 2 is 2.33 bits per heavy atom. The van der Waals surface area contributed by atoms with Gasteiger partial charge in [0.15, 0.2) is 0 Å². The molecule has 92 valence electrons. The molecule has 0 atom stereocenters. The molecule has 0 aliphatic carbocycles. The van der Waals surface area contributed by atoms with Crippen molar-refractivity contribution in [3.05, 3.63) is 42.0 Å². The van der Waals surface area contributed by atoms with Crippen molar-refractivity contribution in [2.45, 2.75) is 13.5 Å². The van der Waals surface area contributed by atoms with Gasteiger partial charge in [-0.15, -0.1) is 0 Å². The second-order valence-corrected chi connectivity index (χ2v) is 3.88. The molecule has 2 rings (SSSR count). The second kappa shape index (κ2) is 5.23. The Morgan fingerprint density at radius 3 is 3.00 bits per heavy atom. The Balaban J connectivity index is 1.99. The van der Waals surface area contributed by atoms with Crippen LogP contribution < -0.4 is 10.5 Å². The van der Waals surface area contributed by atoms with E-state index in [9.17, 15) is 0 Å². The molecule has 5 heteroatoms. The second-order valence-electron chi connectivity index (χ2n) is 3.88. The summed E-state index contributed by atoms with van der Waals surface area (Å²) in [5, 5.41) is 8.97. The smallest absolute Gasteiger partial charge is 0.137 e. The van der Waals surface area contributed by atoms with E-state index in [0.29, 0.717) is 30.2 Å². The number of ether oxygens (including phenoxy) is 1. The summed E-state index contributed by atoms with van der Waals surface area (Å²) in [6.07, 6.45) is 3.64. The number of nitrogen functional groups attached to an aromatic ring is 1. The predicted octanol–water partition coefficient (Wildman–Crippen LogP) is 1.72. The summed E-state index contributed by atoms with van der Waals surface area (Å²) >= 11 is 0. The summed E-state index contributed by atoms with van der Waals surface area (Å²) in [7, 11) is 0. The molecule has 0 spiro atoms. The van der Waals surface area contributed by atoms with E-state index in [1.807, 2.05) is 17.7 Å². The Bertz CT molecular complexity index is 583. The van der Waals surface area contributed by atoms with Gasteiger partial charge in [0.25, 0.3) is 0 Å². The molecular formula is C13H14N4O. The first kappa shape index (κ1) is 12.0. The van der Waals surface area contributed by atoms with Crippen molar-refractivity contribution in [3.63, 3.8) is 0 Å². The first-order chi connectivity index (χ1) is 8.70. The summed E-state index contributed by atoms with van der Waals surface area (Å²) < 4.78 is 7.57. The van der Waals surface area contributed by atoms with E-state index < -0.39 is 0 Å². The van der Waals surface area contributed by atoms with Gasteiger partial charge in [-0.1, -0.05) is 0 Å². The molecule has 0 radical (unpaired) electrons. The number of hydrogen-bond donors (Lipinski definition) is 1. The highest BCUT2D eigenvalue weighted by molar-refractivity contribution is 5.53. The number of nitrogens with two attached hydrogens (primary N) is 1. The first-order valence-corrected chi connectivity index (χ1v) is 5.61. The Kier molecular flexibility index (Phi) is 3.49. The van der Waals surface area contributed by atoms with Crippen molar-refractivity contribution < 1.29 is 4.74 Å². The van der Waals surface area contributed by atoms with E-state index in [1.54, 1.807) is 24.4 Å². The van der Waals surface area contributed by atoms with Crippen molar-refractivity contribution in [2.24, 2.45) is 0 Å². The van der Waals surface area contributed by atoms with Gasteiger partial charge in [0, 0.05) is 18.1 Å². The number of nitriles is 1. The normalized spacial score (nSPS) is 10.0. The third kappa shape index (κ3) is 2.61. The van der Waals surface area contributed by atoms with Crippen LogP contribution in [0.4, 0.5) is 5.69 Å². The molecule has 0 fully saturated rings. The number of hydrogen-bond acceptors (Lipinski definition) is 4. The zero-order valence-electron chi connectivity index (χ0n) is 10.1. The van der Waals surface area contributed by atoms with Crippen molar-refractivity contribution in [2.75, 3.05) is 12.3 Å². The minimum Gasteiger partial charge on any atom is -0.490 e. The molecule has 5 nitrogen and oxygen atoms in total. The predicted molar refractivity (Wildman–Crippen MR) is 68.0 cm³/mol. The van der Waals surface area contributed by atoms with Crippen LogP contribution >= 0.6 is 0 Å². The monoisotopic (exact) mass is 242 g/mol. The summed E-state index contributed by atoms with van der Waals surface area (Å²) in [6.45, 7) is 3.11. The number of anilines is 1. The summed E-state index contributed by atoms with van der Waals surface area (Å²) in [5.74, 6) is 1.50. The minimum absolute atomic E-state index is 0.456. The van der Waals surface area contributed by atoms with Crippen molar-refractivity contribution >= 4 is 5.69 Å². The lowest BCUT2D eigenvalue weighted by molar-refractivity contribution is 0.296. The number of aryl methyl sites for hydroxylation is 1. The molecule has 18 heavy (non-hydrogen) atoms. The highest BCUT2D eigenvalue weighted by Crippen LogP contribution is 2.20. The number of imidazole rings is 1. The average molecular weight is 242 g/mol. The molecule has 0 unspecified atom stereocenters. The number of aromatic nitrogens is 2. The topological polar surface area (TPSA) is 76.9 Å². The maximum absolute atomic E-state index is 8.97. The van der Waals surface area contributed by atoms with Gasteiger partial charge in [-0.05, 0) is 25.1 Å². The van der Waals surface area contributed by atoms with E-state index in [-0.39, 0.29) is 0 Å². The molecule has 0 aliphatic rings. The van der Waals surface area contributed by atoms with Crippen LogP contribution in [-0.4, -0.2) is 16.2 Å². The quantitative estimate of drug-likeness (QED) is 0.828. The maximum Gasteiger partial charge on any atom is 0.137 e. The molecule has 0 aliphatic heterocycles. The lowest BCUT2D eigenvalue weighted by atomic mass is 10.2. The van der Waals surface area contributed by atoms with Crippen LogP contribution in [0.3, 0.4) is 0 Å². The van der Waals surface area contributed by atoms with Gasteiger partial charge >= 0.3 is 0 Å². The molecule has 1 heterocycles. The Labute approximate surface area is 105 Å². The van der Waals surface area contributed by atoms with E-state index in [2.05, 4.69) is 11.1 Å². The molecule has 0 bridgehead atoms. The van der Waals surface area contributed by atoms with Crippen LogP contribution in [0.1, 0.15) is 11.4 Å². The highest BCUT2D eigenvalue weighted by atomic mass is 16.5. The molecule has 1 aromatic carbocycles. The lowest BCUT2D eigenvalue weighted by Crippen LogP contribution is -2.09. The van der Waals surface area contributed by atoms with Gasteiger partial charge in [0.1, 0.15) is 24.3 Å². The number of rotatable bonds is 4. The Morgan fingerprint density at radius 1 is 1.50 bits per heavy atom. The summed E-state index contributed by atoms with van der Waals surface area (Å²) in [5.41, 5.74) is 6.63. The lowest BCUT2D eigenvalue weighted by Gasteiger charge is -2.09. The SMILES string of the molecule is Cc1nccn1CCOc1ccc(N)cc1C#N. The van der Waals surface area contributed by atoms with Gasteiger partial charge in [-0.3, -0.25) is 0 Å². The van der Waals surface area contributed by atoms with E-state index in [0.717, 1.165) is 5.82 Å². The maximum atomic E-state index is 8.97. The van der Waals surface area contributed by atoms with Crippen LogP contribution in [0.15, 0.2) is 30.6 Å². The zero-order valence-corrected chi connectivity index (χ0v) is 10.1. The van der Waals surface area contributed by atoms with Crippen LogP contribution in [-0.2, 0) is 6.54 Å². The molecule has 2 aromatic rings. The third-order valence-electron chi connectivity index (χ3n) is 2.64. The van der Waals surface area contributed by atoms with E-state index in [1.165, 1.54) is 0 Å². The fourth-order valence-corrected chi connectivity index (χ4v) is 1.65. The molecule has 2 N–H and O–H groups in total. The summed E-state index contributed by atoms with van der Waals surface area (Å²) in [6, 6.07) is 7.11. The van der Waals surface area contributed by atoms with E-state index in [4.69, 9.17) is 15.7 Å². The van der Waals surface area contributed by atoms with E-state index >= 15 is 0 Å². The number of benzene rings is 1. The fourth-order valence-electron chi connectivity index (χ4n) is 1.65. The molecular weight excluding hydrogens is 228 g/mol. The first-order valence-electron chi connectivity index (χ1n) is 5.61. The highest BCUT2D eigenvalue weighted by Gasteiger charge is 2.04. The van der Waals surface area contributed by atoms with Crippen molar-refractivity contribution in [3.8, 4) is 11.8 Å². The van der Waals surface area contributed by atoms with Gasteiger partial charge < -0.3 is 15.0 Å². The zero-order chi connectivity index (χ0) is 13.0. The largest absolute Gasteiger partial charge is 0.490 e. The Hall–Kier alpha value is -2.48. The average Bonchev–Trinajstić information content (AvgIpc) is 2.77.